The maximum absolute atomic E-state index is 11.7. The summed E-state index contributed by atoms with van der Waals surface area (Å²) in [5.41, 5.74) is 2.07. The zero-order valence-corrected chi connectivity index (χ0v) is 14.6. The van der Waals surface area contributed by atoms with Gasteiger partial charge in [0.05, 0.1) is 18.9 Å². The molecule has 0 aliphatic heterocycles. The van der Waals surface area contributed by atoms with Gasteiger partial charge in [0.2, 0.25) is 0 Å². The summed E-state index contributed by atoms with van der Waals surface area (Å²) >= 11 is 1.33. The lowest BCUT2D eigenvalue weighted by atomic mass is 10.2. The number of carbonyl (C=O) groups is 1. The van der Waals surface area contributed by atoms with E-state index >= 15 is 0 Å². The van der Waals surface area contributed by atoms with E-state index in [0.717, 1.165) is 17.0 Å². The first-order valence-electron chi connectivity index (χ1n) is 7.94. The SMILES string of the molecule is CCOC(=O)CSc1nnc(-c2ccncc2)n1Cc1ccccc1. The van der Waals surface area contributed by atoms with Crippen LogP contribution in [0.3, 0.4) is 0 Å². The van der Waals surface area contributed by atoms with Crippen LogP contribution < -0.4 is 0 Å². The predicted octanol–water partition coefficient (Wildman–Crippen LogP) is 3.04. The number of rotatable bonds is 7. The normalized spacial score (nSPS) is 10.6. The predicted molar refractivity (Wildman–Crippen MR) is 96.2 cm³/mol. The Morgan fingerprint density at radius 2 is 1.88 bits per heavy atom. The van der Waals surface area contributed by atoms with E-state index < -0.39 is 0 Å². The Balaban J connectivity index is 1.89. The molecular weight excluding hydrogens is 336 g/mol. The largest absolute Gasteiger partial charge is 0.465 e. The van der Waals surface area contributed by atoms with Crippen molar-refractivity contribution in [3.05, 3.63) is 60.4 Å². The summed E-state index contributed by atoms with van der Waals surface area (Å²) in [5, 5.41) is 9.27. The monoisotopic (exact) mass is 354 g/mol. The van der Waals surface area contributed by atoms with E-state index in [2.05, 4.69) is 27.3 Å². The minimum absolute atomic E-state index is 0.205. The van der Waals surface area contributed by atoms with Crippen molar-refractivity contribution in [2.24, 2.45) is 0 Å². The topological polar surface area (TPSA) is 69.9 Å². The summed E-state index contributed by atoms with van der Waals surface area (Å²) < 4.78 is 7.00. The third-order valence-electron chi connectivity index (χ3n) is 3.46. The first-order valence-corrected chi connectivity index (χ1v) is 8.92. The lowest BCUT2D eigenvalue weighted by molar-refractivity contribution is -0.139. The fourth-order valence-corrected chi connectivity index (χ4v) is 3.08. The minimum Gasteiger partial charge on any atom is -0.465 e. The van der Waals surface area contributed by atoms with Gasteiger partial charge in [-0.05, 0) is 24.6 Å². The van der Waals surface area contributed by atoms with Gasteiger partial charge < -0.3 is 4.74 Å². The minimum atomic E-state index is -0.257. The van der Waals surface area contributed by atoms with Crippen molar-refractivity contribution in [3.63, 3.8) is 0 Å². The lowest BCUT2D eigenvalue weighted by Crippen LogP contribution is -2.09. The van der Waals surface area contributed by atoms with Gasteiger partial charge in [-0.3, -0.25) is 14.3 Å². The van der Waals surface area contributed by atoms with Crippen molar-refractivity contribution in [2.75, 3.05) is 12.4 Å². The highest BCUT2D eigenvalue weighted by Crippen LogP contribution is 2.25. The summed E-state index contributed by atoms with van der Waals surface area (Å²) in [6.07, 6.45) is 3.45. The zero-order valence-electron chi connectivity index (χ0n) is 13.8. The van der Waals surface area contributed by atoms with Crippen LogP contribution in [0.4, 0.5) is 0 Å². The third kappa shape index (κ3) is 4.45. The lowest BCUT2D eigenvalue weighted by Gasteiger charge is -2.10. The molecule has 0 unspecified atom stereocenters. The molecule has 25 heavy (non-hydrogen) atoms. The maximum Gasteiger partial charge on any atom is 0.316 e. The van der Waals surface area contributed by atoms with Crippen molar-refractivity contribution < 1.29 is 9.53 Å². The van der Waals surface area contributed by atoms with Gasteiger partial charge in [-0.25, -0.2) is 0 Å². The highest BCUT2D eigenvalue weighted by atomic mass is 32.2. The van der Waals surface area contributed by atoms with Crippen LogP contribution in [-0.2, 0) is 16.1 Å². The molecule has 0 amide bonds. The molecule has 0 atom stereocenters. The van der Waals surface area contributed by atoms with E-state index in [9.17, 15) is 4.79 Å². The molecule has 0 aliphatic rings. The summed E-state index contributed by atoms with van der Waals surface area (Å²) in [6.45, 7) is 2.79. The number of benzene rings is 1. The number of hydrogen-bond acceptors (Lipinski definition) is 6. The van der Waals surface area contributed by atoms with Gasteiger partial charge in [-0.1, -0.05) is 42.1 Å². The maximum atomic E-state index is 11.7. The molecule has 0 spiro atoms. The first kappa shape index (κ1) is 17.2. The molecule has 0 saturated carbocycles. The fourth-order valence-electron chi connectivity index (χ4n) is 2.34. The number of esters is 1. The van der Waals surface area contributed by atoms with Crippen molar-refractivity contribution in [1.29, 1.82) is 0 Å². The molecular formula is C18H18N4O2S. The van der Waals surface area contributed by atoms with E-state index in [1.54, 1.807) is 19.3 Å². The Hall–Kier alpha value is -2.67. The number of nitrogens with zero attached hydrogens (tertiary/aromatic N) is 4. The van der Waals surface area contributed by atoms with Crippen LogP contribution in [0.25, 0.3) is 11.4 Å². The molecule has 0 radical (unpaired) electrons. The van der Waals surface area contributed by atoms with E-state index in [1.807, 2.05) is 34.9 Å². The van der Waals surface area contributed by atoms with Crippen LogP contribution in [0.2, 0.25) is 0 Å². The molecule has 7 heteroatoms. The van der Waals surface area contributed by atoms with Gasteiger partial charge >= 0.3 is 5.97 Å². The van der Waals surface area contributed by atoms with Crippen LogP contribution in [0.5, 0.6) is 0 Å². The van der Waals surface area contributed by atoms with E-state index in [-0.39, 0.29) is 11.7 Å². The fraction of sp³-hybridized carbons (Fsp3) is 0.222. The average molecular weight is 354 g/mol. The van der Waals surface area contributed by atoms with Gasteiger partial charge in [-0.15, -0.1) is 10.2 Å². The van der Waals surface area contributed by atoms with Crippen molar-refractivity contribution in [1.82, 2.24) is 19.7 Å². The van der Waals surface area contributed by atoms with Gasteiger partial charge in [0.25, 0.3) is 0 Å². The van der Waals surface area contributed by atoms with Gasteiger partial charge in [0.15, 0.2) is 11.0 Å². The summed E-state index contributed by atoms with van der Waals surface area (Å²) in [7, 11) is 0. The molecule has 2 heterocycles. The summed E-state index contributed by atoms with van der Waals surface area (Å²) in [6, 6.07) is 13.9. The quantitative estimate of drug-likeness (QED) is 0.480. The number of ether oxygens (including phenoxy) is 1. The second kappa shape index (κ2) is 8.43. The Kier molecular flexibility index (Phi) is 5.79. The summed E-state index contributed by atoms with van der Waals surface area (Å²) in [4.78, 5) is 15.7. The highest BCUT2D eigenvalue weighted by molar-refractivity contribution is 7.99. The molecule has 0 N–H and O–H groups in total. The number of pyridine rings is 1. The smallest absolute Gasteiger partial charge is 0.316 e. The molecule has 0 saturated heterocycles. The average Bonchev–Trinajstić information content (AvgIpc) is 3.04. The van der Waals surface area contributed by atoms with Gasteiger partial charge in [0.1, 0.15) is 0 Å². The zero-order chi connectivity index (χ0) is 17.5. The molecule has 0 aliphatic carbocycles. The summed E-state index contributed by atoms with van der Waals surface area (Å²) in [5.74, 6) is 0.696. The number of hydrogen-bond donors (Lipinski definition) is 0. The molecule has 3 rings (SSSR count). The van der Waals surface area contributed by atoms with Gasteiger partial charge in [-0.2, -0.15) is 0 Å². The second-order valence-electron chi connectivity index (χ2n) is 5.21. The molecule has 0 fully saturated rings. The standard InChI is InChI=1S/C18H18N4O2S/c1-2-24-16(23)13-25-18-21-20-17(15-8-10-19-11-9-15)22(18)12-14-6-4-3-5-7-14/h3-11H,2,12-13H2,1H3. The van der Waals surface area contributed by atoms with Gasteiger partial charge in [0, 0.05) is 18.0 Å². The Morgan fingerprint density at radius 3 is 2.60 bits per heavy atom. The number of thioether (sulfide) groups is 1. The Bertz CT molecular complexity index is 822. The first-order chi connectivity index (χ1) is 12.3. The van der Waals surface area contributed by atoms with Crippen LogP contribution >= 0.6 is 11.8 Å². The molecule has 2 aromatic heterocycles. The highest BCUT2D eigenvalue weighted by Gasteiger charge is 2.16. The molecule has 128 valence electrons. The molecule has 3 aromatic rings. The Morgan fingerprint density at radius 1 is 1.12 bits per heavy atom. The van der Waals surface area contributed by atoms with Crippen molar-refractivity contribution >= 4 is 17.7 Å². The molecule has 6 nitrogen and oxygen atoms in total. The number of aromatic nitrogens is 4. The number of carbonyl (C=O) groups excluding carboxylic acids is 1. The third-order valence-corrected chi connectivity index (χ3v) is 4.40. The molecule has 0 bridgehead atoms. The Labute approximate surface area is 150 Å². The van der Waals surface area contributed by atoms with E-state index in [1.165, 1.54) is 11.8 Å². The molecule has 1 aromatic carbocycles. The van der Waals surface area contributed by atoms with E-state index in [4.69, 9.17) is 4.74 Å². The van der Waals surface area contributed by atoms with Crippen LogP contribution in [0.1, 0.15) is 12.5 Å². The van der Waals surface area contributed by atoms with Crippen molar-refractivity contribution in [3.8, 4) is 11.4 Å². The van der Waals surface area contributed by atoms with Crippen molar-refractivity contribution in [2.45, 2.75) is 18.6 Å². The van der Waals surface area contributed by atoms with Crippen LogP contribution in [0.15, 0.2) is 60.0 Å². The van der Waals surface area contributed by atoms with Crippen LogP contribution in [0, 0.1) is 0 Å². The van der Waals surface area contributed by atoms with E-state index in [0.29, 0.717) is 18.3 Å². The van der Waals surface area contributed by atoms with Crippen LogP contribution in [-0.4, -0.2) is 38.1 Å². The second-order valence-corrected chi connectivity index (χ2v) is 6.15.